The topological polar surface area (TPSA) is 90.0 Å². The van der Waals surface area contributed by atoms with Gasteiger partial charge in [-0.3, -0.25) is 14.2 Å². The summed E-state index contributed by atoms with van der Waals surface area (Å²) in [4.78, 5) is 26.2. The van der Waals surface area contributed by atoms with Crippen molar-refractivity contribution < 1.29 is 14.0 Å². The summed E-state index contributed by atoms with van der Waals surface area (Å²) in [5.74, 6) is 1.59. The first-order valence-electron chi connectivity index (χ1n) is 9.29. The van der Waals surface area contributed by atoms with Crippen LogP contribution >= 0.6 is 23.1 Å². The SMILES string of the molecule is CCn1c(SCC(=O)c2ccc(CNC(=O)C(C)(C)C)s2)nnc1-c1ccco1. The maximum Gasteiger partial charge on any atom is 0.225 e. The molecule has 0 saturated heterocycles. The van der Waals surface area contributed by atoms with Gasteiger partial charge in [-0.1, -0.05) is 32.5 Å². The molecule has 1 amide bonds. The molecular formula is C20H24N4O3S2. The fraction of sp³-hybridized carbons (Fsp3) is 0.400. The zero-order valence-electron chi connectivity index (χ0n) is 16.9. The molecule has 29 heavy (non-hydrogen) atoms. The molecule has 0 aromatic carbocycles. The van der Waals surface area contributed by atoms with Crippen molar-refractivity contribution in [3.63, 3.8) is 0 Å². The van der Waals surface area contributed by atoms with Gasteiger partial charge in [0.05, 0.1) is 23.4 Å². The van der Waals surface area contributed by atoms with E-state index in [1.165, 1.54) is 23.1 Å². The highest BCUT2D eigenvalue weighted by molar-refractivity contribution is 7.99. The molecule has 3 aromatic heterocycles. The van der Waals surface area contributed by atoms with Crippen LogP contribution in [-0.2, 0) is 17.9 Å². The smallest absolute Gasteiger partial charge is 0.225 e. The van der Waals surface area contributed by atoms with Gasteiger partial charge in [-0.2, -0.15) is 0 Å². The Morgan fingerprint density at radius 3 is 2.69 bits per heavy atom. The van der Waals surface area contributed by atoms with Gasteiger partial charge in [-0.15, -0.1) is 21.5 Å². The normalized spacial score (nSPS) is 11.6. The molecule has 0 aliphatic carbocycles. The molecule has 7 nitrogen and oxygen atoms in total. The Bertz CT molecular complexity index is 984. The number of carbonyl (C=O) groups excluding carboxylic acids is 2. The number of furan rings is 1. The quantitative estimate of drug-likeness (QED) is 0.423. The highest BCUT2D eigenvalue weighted by atomic mass is 32.2. The molecule has 0 saturated carbocycles. The van der Waals surface area contributed by atoms with Gasteiger partial charge in [0, 0.05) is 16.8 Å². The second-order valence-corrected chi connectivity index (χ2v) is 9.55. The third-order valence-electron chi connectivity index (χ3n) is 4.15. The molecule has 0 atom stereocenters. The Morgan fingerprint density at radius 2 is 2.03 bits per heavy atom. The van der Waals surface area contributed by atoms with Gasteiger partial charge in [0.1, 0.15) is 0 Å². The Morgan fingerprint density at radius 1 is 1.24 bits per heavy atom. The van der Waals surface area contributed by atoms with Crippen LogP contribution in [0.2, 0.25) is 0 Å². The second-order valence-electron chi connectivity index (χ2n) is 7.44. The van der Waals surface area contributed by atoms with E-state index in [2.05, 4.69) is 15.5 Å². The number of nitrogens with one attached hydrogen (secondary N) is 1. The van der Waals surface area contributed by atoms with E-state index in [-0.39, 0.29) is 17.4 Å². The van der Waals surface area contributed by atoms with Crippen molar-refractivity contribution in [2.45, 2.75) is 45.9 Å². The van der Waals surface area contributed by atoms with E-state index < -0.39 is 5.41 Å². The van der Waals surface area contributed by atoms with E-state index >= 15 is 0 Å². The summed E-state index contributed by atoms with van der Waals surface area (Å²) in [5, 5.41) is 12.0. The minimum atomic E-state index is -0.434. The number of ketones is 1. The molecule has 3 aromatic rings. The lowest BCUT2D eigenvalue weighted by Gasteiger charge is -2.17. The summed E-state index contributed by atoms with van der Waals surface area (Å²) in [6, 6.07) is 7.33. The maximum atomic E-state index is 12.6. The molecule has 0 fully saturated rings. The number of hydrogen-bond acceptors (Lipinski definition) is 7. The Hall–Kier alpha value is -2.39. The Labute approximate surface area is 177 Å². The van der Waals surface area contributed by atoms with Crippen LogP contribution in [0.15, 0.2) is 40.1 Å². The number of aromatic nitrogens is 3. The van der Waals surface area contributed by atoms with Crippen LogP contribution in [0.25, 0.3) is 11.6 Å². The fourth-order valence-electron chi connectivity index (χ4n) is 2.53. The van der Waals surface area contributed by atoms with Crippen molar-refractivity contribution in [1.82, 2.24) is 20.1 Å². The third-order valence-corrected chi connectivity index (χ3v) is 6.24. The van der Waals surface area contributed by atoms with Crippen LogP contribution in [-0.4, -0.2) is 32.2 Å². The first-order valence-corrected chi connectivity index (χ1v) is 11.1. The summed E-state index contributed by atoms with van der Waals surface area (Å²) >= 11 is 2.77. The molecule has 0 aliphatic heterocycles. The van der Waals surface area contributed by atoms with Gasteiger partial charge >= 0.3 is 0 Å². The molecule has 1 N–H and O–H groups in total. The van der Waals surface area contributed by atoms with Crippen molar-refractivity contribution in [2.24, 2.45) is 5.41 Å². The minimum Gasteiger partial charge on any atom is -0.461 e. The molecule has 3 rings (SSSR count). The van der Waals surface area contributed by atoms with Gasteiger partial charge in [0.15, 0.2) is 22.5 Å². The van der Waals surface area contributed by atoms with Crippen LogP contribution < -0.4 is 5.32 Å². The summed E-state index contributed by atoms with van der Waals surface area (Å²) in [5.41, 5.74) is -0.434. The van der Waals surface area contributed by atoms with Crippen LogP contribution in [0, 0.1) is 5.41 Å². The van der Waals surface area contributed by atoms with Gasteiger partial charge in [-0.05, 0) is 31.2 Å². The van der Waals surface area contributed by atoms with Crippen LogP contribution in [0.3, 0.4) is 0 Å². The minimum absolute atomic E-state index is 0.0133. The van der Waals surface area contributed by atoms with E-state index in [9.17, 15) is 9.59 Å². The summed E-state index contributed by atoms with van der Waals surface area (Å²) in [6.07, 6.45) is 1.60. The molecule has 0 aliphatic rings. The van der Waals surface area contributed by atoms with Gasteiger partial charge < -0.3 is 9.73 Å². The lowest BCUT2D eigenvalue weighted by Crippen LogP contribution is -2.34. The van der Waals surface area contributed by atoms with Crippen molar-refractivity contribution in [3.8, 4) is 11.6 Å². The highest BCUT2D eigenvalue weighted by Gasteiger charge is 2.21. The largest absolute Gasteiger partial charge is 0.461 e. The van der Waals surface area contributed by atoms with E-state index in [0.717, 1.165) is 4.88 Å². The Balaban J connectivity index is 1.59. The number of thiophene rings is 1. The van der Waals surface area contributed by atoms with E-state index in [1.807, 2.05) is 50.5 Å². The summed E-state index contributed by atoms with van der Waals surface area (Å²) in [6.45, 7) is 8.72. The third kappa shape index (κ3) is 5.16. The molecule has 3 heterocycles. The first-order chi connectivity index (χ1) is 13.8. The van der Waals surface area contributed by atoms with Crippen molar-refractivity contribution >= 4 is 34.8 Å². The summed E-state index contributed by atoms with van der Waals surface area (Å²) in [7, 11) is 0. The molecule has 0 unspecified atom stereocenters. The zero-order valence-corrected chi connectivity index (χ0v) is 18.5. The highest BCUT2D eigenvalue weighted by Crippen LogP contribution is 2.26. The van der Waals surface area contributed by atoms with Crippen molar-refractivity contribution in [2.75, 3.05) is 5.75 Å². The lowest BCUT2D eigenvalue weighted by atomic mass is 9.96. The predicted octanol–water partition coefficient (Wildman–Crippen LogP) is 4.26. The average Bonchev–Trinajstić information content (AvgIpc) is 3.43. The standard InChI is InChI=1S/C20H24N4O3S2/c1-5-24-17(15-7-6-10-27-15)22-23-19(24)28-12-14(25)16-9-8-13(29-16)11-21-18(26)20(2,3)4/h6-10H,5,11-12H2,1-4H3,(H,21,26). The van der Waals surface area contributed by atoms with Gasteiger partial charge in [-0.25, -0.2) is 0 Å². The number of amides is 1. The molecule has 154 valence electrons. The first kappa shape index (κ1) is 21.3. The summed E-state index contributed by atoms with van der Waals surface area (Å²) < 4.78 is 7.34. The molecule has 0 radical (unpaired) electrons. The fourth-order valence-corrected chi connectivity index (χ4v) is 4.39. The zero-order chi connectivity index (χ0) is 21.0. The van der Waals surface area contributed by atoms with Gasteiger partial charge in [0.25, 0.3) is 0 Å². The number of hydrogen-bond donors (Lipinski definition) is 1. The monoisotopic (exact) mass is 432 g/mol. The molecular weight excluding hydrogens is 408 g/mol. The predicted molar refractivity (Wildman–Crippen MR) is 114 cm³/mol. The maximum absolute atomic E-state index is 12.6. The van der Waals surface area contributed by atoms with E-state index in [0.29, 0.717) is 34.7 Å². The number of Topliss-reactive ketones (excluding diaryl/α,β-unsaturated/α-hetero) is 1. The van der Waals surface area contributed by atoms with E-state index in [4.69, 9.17) is 4.42 Å². The van der Waals surface area contributed by atoms with E-state index in [1.54, 1.807) is 12.3 Å². The molecule has 0 spiro atoms. The average molecular weight is 433 g/mol. The molecule has 0 bridgehead atoms. The van der Waals surface area contributed by atoms with Crippen LogP contribution in [0.5, 0.6) is 0 Å². The Kier molecular flexibility index (Phi) is 6.59. The number of thioether (sulfide) groups is 1. The number of nitrogens with zero attached hydrogens (tertiary/aromatic N) is 3. The molecule has 9 heteroatoms. The number of carbonyl (C=O) groups is 2. The van der Waals surface area contributed by atoms with Crippen molar-refractivity contribution in [3.05, 3.63) is 40.3 Å². The van der Waals surface area contributed by atoms with Crippen LogP contribution in [0.1, 0.15) is 42.2 Å². The van der Waals surface area contributed by atoms with Gasteiger partial charge in [0.2, 0.25) is 5.91 Å². The second kappa shape index (κ2) is 8.96. The van der Waals surface area contributed by atoms with Crippen molar-refractivity contribution in [1.29, 1.82) is 0 Å². The number of rotatable bonds is 8. The lowest BCUT2D eigenvalue weighted by molar-refractivity contribution is -0.128. The van der Waals surface area contributed by atoms with Crippen LogP contribution in [0.4, 0.5) is 0 Å².